The van der Waals surface area contributed by atoms with Crippen molar-refractivity contribution >= 4 is 0 Å². The van der Waals surface area contributed by atoms with E-state index in [2.05, 4.69) is 15.0 Å². The zero-order chi connectivity index (χ0) is 17.1. The Labute approximate surface area is 144 Å². The van der Waals surface area contributed by atoms with Crippen LogP contribution in [-0.2, 0) is 6.54 Å². The number of benzene rings is 1. The highest BCUT2D eigenvalue weighted by Gasteiger charge is 2.11. The molecule has 6 heteroatoms. The van der Waals surface area contributed by atoms with Crippen LogP contribution >= 0.6 is 0 Å². The molecular weight excluding hydrogens is 316 g/mol. The molecule has 1 aromatic carbocycles. The van der Waals surface area contributed by atoms with Crippen molar-refractivity contribution in [1.29, 1.82) is 0 Å². The van der Waals surface area contributed by atoms with E-state index in [0.717, 1.165) is 22.8 Å². The largest absolute Gasteiger partial charge is 0.497 e. The molecule has 0 saturated heterocycles. The van der Waals surface area contributed by atoms with Gasteiger partial charge >= 0.3 is 0 Å². The molecular formula is C19H16N4O2. The Morgan fingerprint density at radius 3 is 2.84 bits per heavy atom. The van der Waals surface area contributed by atoms with Gasteiger partial charge in [0.1, 0.15) is 18.0 Å². The lowest BCUT2D eigenvalue weighted by Crippen LogP contribution is -2.02. The number of aromatic nitrogens is 4. The summed E-state index contributed by atoms with van der Waals surface area (Å²) in [5, 5.41) is 0. The summed E-state index contributed by atoms with van der Waals surface area (Å²) in [7, 11) is 1.64. The molecule has 4 aromatic rings. The number of ether oxygens (including phenoxy) is 1. The SMILES string of the molecule is COc1cccc(-c2cnc(Cn3ccnc3-c3ccccn3)o2)c1. The van der Waals surface area contributed by atoms with E-state index in [1.165, 1.54) is 0 Å². The van der Waals surface area contributed by atoms with Crippen molar-refractivity contribution < 1.29 is 9.15 Å². The maximum Gasteiger partial charge on any atom is 0.214 e. The molecule has 6 nitrogen and oxygen atoms in total. The Morgan fingerprint density at radius 1 is 1.04 bits per heavy atom. The topological polar surface area (TPSA) is 66.0 Å². The second kappa shape index (κ2) is 6.60. The Hall–Kier alpha value is -3.41. The summed E-state index contributed by atoms with van der Waals surface area (Å²) in [5.41, 5.74) is 1.74. The quantitative estimate of drug-likeness (QED) is 0.558. The normalized spacial score (nSPS) is 10.8. The number of oxazole rings is 1. The standard InChI is InChI=1S/C19H16N4O2/c1-24-15-6-4-5-14(11-15)17-12-22-18(25-17)13-23-10-9-21-19(23)16-7-2-3-8-20-16/h2-12H,13H2,1H3. The maximum absolute atomic E-state index is 5.90. The minimum absolute atomic E-state index is 0.482. The molecule has 0 fully saturated rings. The van der Waals surface area contributed by atoms with Gasteiger partial charge in [-0.05, 0) is 24.3 Å². The van der Waals surface area contributed by atoms with E-state index in [1.54, 1.807) is 25.7 Å². The van der Waals surface area contributed by atoms with Gasteiger partial charge in [-0.15, -0.1) is 0 Å². The summed E-state index contributed by atoms with van der Waals surface area (Å²) in [6.45, 7) is 0.482. The summed E-state index contributed by atoms with van der Waals surface area (Å²) in [4.78, 5) is 13.1. The summed E-state index contributed by atoms with van der Waals surface area (Å²) >= 11 is 0. The van der Waals surface area contributed by atoms with Gasteiger partial charge in [-0.2, -0.15) is 0 Å². The van der Waals surface area contributed by atoms with Crippen molar-refractivity contribution in [2.45, 2.75) is 6.54 Å². The van der Waals surface area contributed by atoms with E-state index in [-0.39, 0.29) is 0 Å². The molecule has 0 unspecified atom stereocenters. The van der Waals surface area contributed by atoms with Gasteiger partial charge < -0.3 is 13.7 Å². The number of pyridine rings is 1. The molecule has 0 atom stereocenters. The van der Waals surface area contributed by atoms with Gasteiger partial charge in [0, 0.05) is 24.2 Å². The highest BCUT2D eigenvalue weighted by molar-refractivity contribution is 5.58. The van der Waals surface area contributed by atoms with Crippen molar-refractivity contribution in [3.63, 3.8) is 0 Å². The zero-order valence-corrected chi connectivity index (χ0v) is 13.7. The summed E-state index contributed by atoms with van der Waals surface area (Å²) in [5.74, 6) is 2.87. The minimum atomic E-state index is 0.482. The number of methoxy groups -OCH3 is 1. The third kappa shape index (κ3) is 3.14. The monoisotopic (exact) mass is 332 g/mol. The molecule has 0 N–H and O–H groups in total. The van der Waals surface area contributed by atoms with Gasteiger partial charge in [0.2, 0.25) is 5.89 Å². The predicted molar refractivity (Wildman–Crippen MR) is 93.1 cm³/mol. The van der Waals surface area contributed by atoms with Crippen LogP contribution in [-0.4, -0.2) is 26.6 Å². The van der Waals surface area contributed by atoms with E-state index in [0.29, 0.717) is 18.2 Å². The highest BCUT2D eigenvalue weighted by atomic mass is 16.5. The third-order valence-electron chi connectivity index (χ3n) is 3.82. The fraction of sp³-hybridized carbons (Fsp3) is 0.105. The van der Waals surface area contributed by atoms with E-state index >= 15 is 0 Å². The molecule has 0 amide bonds. The summed E-state index contributed by atoms with van der Waals surface area (Å²) in [6.07, 6.45) is 7.11. The number of nitrogens with zero attached hydrogens (tertiary/aromatic N) is 4. The molecule has 0 bridgehead atoms. The fourth-order valence-electron chi connectivity index (χ4n) is 2.60. The third-order valence-corrected chi connectivity index (χ3v) is 3.82. The molecule has 0 saturated carbocycles. The van der Waals surface area contributed by atoms with Crippen molar-refractivity contribution in [2.75, 3.05) is 7.11 Å². The van der Waals surface area contributed by atoms with Crippen LogP contribution in [0.4, 0.5) is 0 Å². The molecule has 0 aliphatic rings. The fourth-order valence-corrected chi connectivity index (χ4v) is 2.60. The Bertz CT molecular complexity index is 976. The van der Waals surface area contributed by atoms with Gasteiger partial charge in [-0.1, -0.05) is 18.2 Å². The zero-order valence-electron chi connectivity index (χ0n) is 13.7. The van der Waals surface area contributed by atoms with E-state index in [9.17, 15) is 0 Å². The first kappa shape index (κ1) is 15.1. The summed E-state index contributed by atoms with van der Waals surface area (Å²) < 4.78 is 13.1. The van der Waals surface area contributed by atoms with Crippen molar-refractivity contribution in [1.82, 2.24) is 19.5 Å². The Morgan fingerprint density at radius 2 is 2.00 bits per heavy atom. The van der Waals surface area contributed by atoms with Gasteiger partial charge in [0.15, 0.2) is 11.6 Å². The van der Waals surface area contributed by atoms with Crippen molar-refractivity contribution in [2.24, 2.45) is 0 Å². The number of hydrogen-bond acceptors (Lipinski definition) is 5. The molecule has 3 heterocycles. The van der Waals surface area contributed by atoms with Crippen LogP contribution in [0.2, 0.25) is 0 Å². The molecule has 0 spiro atoms. The molecule has 0 radical (unpaired) electrons. The van der Waals surface area contributed by atoms with E-state index in [1.807, 2.05) is 53.2 Å². The molecule has 0 aliphatic heterocycles. The molecule has 0 aliphatic carbocycles. The van der Waals surface area contributed by atoms with E-state index < -0.39 is 0 Å². The minimum Gasteiger partial charge on any atom is -0.497 e. The van der Waals surface area contributed by atoms with Gasteiger partial charge in [0.25, 0.3) is 0 Å². The van der Waals surface area contributed by atoms with Crippen LogP contribution in [0.3, 0.4) is 0 Å². The molecule has 124 valence electrons. The van der Waals surface area contributed by atoms with Gasteiger partial charge in [0.05, 0.1) is 13.3 Å². The predicted octanol–water partition coefficient (Wildman–Crippen LogP) is 3.66. The van der Waals surface area contributed by atoms with Crippen LogP contribution in [0.15, 0.2) is 71.7 Å². The lowest BCUT2D eigenvalue weighted by atomic mass is 10.2. The Balaban J connectivity index is 1.59. The second-order valence-corrected chi connectivity index (χ2v) is 5.44. The molecule has 25 heavy (non-hydrogen) atoms. The van der Waals surface area contributed by atoms with Crippen LogP contribution in [0.1, 0.15) is 5.89 Å². The first-order valence-corrected chi connectivity index (χ1v) is 7.85. The second-order valence-electron chi connectivity index (χ2n) is 5.44. The number of hydrogen-bond donors (Lipinski definition) is 0. The van der Waals surface area contributed by atoms with Crippen LogP contribution in [0.25, 0.3) is 22.8 Å². The Kier molecular flexibility index (Phi) is 4.00. The van der Waals surface area contributed by atoms with Crippen LogP contribution in [0, 0.1) is 0 Å². The number of rotatable bonds is 5. The van der Waals surface area contributed by atoms with Crippen molar-refractivity contribution in [3.05, 3.63) is 73.1 Å². The number of imidazole rings is 1. The first-order chi connectivity index (χ1) is 12.3. The summed E-state index contributed by atoms with van der Waals surface area (Å²) in [6, 6.07) is 13.4. The smallest absolute Gasteiger partial charge is 0.214 e. The first-order valence-electron chi connectivity index (χ1n) is 7.85. The lowest BCUT2D eigenvalue weighted by Gasteiger charge is -2.04. The van der Waals surface area contributed by atoms with Crippen molar-refractivity contribution in [3.8, 4) is 28.6 Å². The molecule has 3 aromatic heterocycles. The van der Waals surface area contributed by atoms with Gasteiger partial charge in [-0.3, -0.25) is 4.98 Å². The molecule has 4 rings (SSSR count). The van der Waals surface area contributed by atoms with E-state index in [4.69, 9.17) is 9.15 Å². The lowest BCUT2D eigenvalue weighted by molar-refractivity contribution is 0.414. The average molecular weight is 332 g/mol. The van der Waals surface area contributed by atoms with Gasteiger partial charge in [-0.25, -0.2) is 9.97 Å². The highest BCUT2D eigenvalue weighted by Crippen LogP contribution is 2.25. The van der Waals surface area contributed by atoms with Crippen LogP contribution in [0.5, 0.6) is 5.75 Å². The van der Waals surface area contributed by atoms with Crippen LogP contribution < -0.4 is 4.74 Å². The maximum atomic E-state index is 5.90. The average Bonchev–Trinajstić information content (AvgIpc) is 3.32.